The van der Waals surface area contributed by atoms with Gasteiger partial charge < -0.3 is 0 Å². The normalized spacial score (nSPS) is 20.0. The lowest BCUT2D eigenvalue weighted by molar-refractivity contribution is 0.312. The highest BCUT2D eigenvalue weighted by atomic mass is 32.2. The molecule has 0 amide bonds. The van der Waals surface area contributed by atoms with Crippen molar-refractivity contribution >= 4 is 10.0 Å². The summed E-state index contributed by atoms with van der Waals surface area (Å²) >= 11 is 0. The van der Waals surface area contributed by atoms with Gasteiger partial charge in [0.1, 0.15) is 5.82 Å². The number of hydrogen-bond acceptors (Lipinski definition) is 5. The molecule has 2 heterocycles. The number of aryl methyl sites for hydroxylation is 3. The van der Waals surface area contributed by atoms with Crippen LogP contribution in [0.3, 0.4) is 0 Å². The van der Waals surface area contributed by atoms with Crippen LogP contribution in [0.4, 0.5) is 4.39 Å². The van der Waals surface area contributed by atoms with Gasteiger partial charge in [-0.1, -0.05) is 29.8 Å². The zero-order valence-corrected chi connectivity index (χ0v) is 17.8. The maximum Gasteiger partial charge on any atom is 0.243 e. The molecule has 1 fully saturated rings. The highest BCUT2D eigenvalue weighted by molar-refractivity contribution is 7.89. The van der Waals surface area contributed by atoms with Gasteiger partial charge >= 0.3 is 0 Å². The summed E-state index contributed by atoms with van der Waals surface area (Å²) in [6, 6.07) is 12.5. The topological polar surface area (TPSA) is 81.0 Å². The first kappa shape index (κ1) is 20.6. The first-order chi connectivity index (χ1) is 14.3. The first-order valence-electron chi connectivity index (χ1n) is 9.93. The van der Waals surface area contributed by atoms with Crippen LogP contribution in [0.2, 0.25) is 0 Å². The fraction of sp³-hybridized carbons (Fsp3) is 0.381. The fourth-order valence-electron chi connectivity index (χ4n) is 4.04. The van der Waals surface area contributed by atoms with Crippen molar-refractivity contribution in [2.75, 3.05) is 0 Å². The van der Waals surface area contributed by atoms with Crippen molar-refractivity contribution in [1.82, 2.24) is 24.5 Å². The SMILES string of the molecule is Cc1ccc(S(=O)(=O)N2[C@@H](CCc3nnn(C)n3)CC[C@H]2c2ccc(F)cc2)cc1. The van der Waals surface area contributed by atoms with E-state index in [1.807, 2.05) is 6.92 Å². The minimum atomic E-state index is -3.73. The number of nitrogens with zero attached hydrogens (tertiary/aromatic N) is 5. The quantitative estimate of drug-likeness (QED) is 0.601. The van der Waals surface area contributed by atoms with Crippen LogP contribution in [0.15, 0.2) is 53.4 Å². The van der Waals surface area contributed by atoms with E-state index in [1.54, 1.807) is 47.8 Å². The monoisotopic (exact) mass is 429 g/mol. The van der Waals surface area contributed by atoms with Gasteiger partial charge in [0.15, 0.2) is 5.82 Å². The Bertz CT molecular complexity index is 1110. The predicted octanol–water partition coefficient (Wildman–Crippen LogP) is 3.18. The molecule has 4 rings (SSSR count). The zero-order chi connectivity index (χ0) is 21.3. The van der Waals surface area contributed by atoms with E-state index in [1.165, 1.54) is 16.9 Å². The standard InChI is InChI=1S/C21H24FN5O2S/c1-15-3-11-19(12-4-15)30(28,29)27-18(10-14-21-23-25-26(2)24-21)9-13-20(27)16-5-7-17(22)8-6-16/h3-8,11-12,18,20H,9-10,13-14H2,1-2H3/t18-,20+/m1/s1. The highest BCUT2D eigenvalue weighted by Crippen LogP contribution is 2.41. The van der Waals surface area contributed by atoms with Crippen molar-refractivity contribution in [2.24, 2.45) is 7.05 Å². The number of tetrazole rings is 1. The van der Waals surface area contributed by atoms with Crippen LogP contribution in [0.1, 0.15) is 42.3 Å². The van der Waals surface area contributed by atoms with Crippen LogP contribution in [-0.4, -0.2) is 39.0 Å². The Hall–Kier alpha value is -2.65. The third kappa shape index (κ3) is 4.13. The number of hydrogen-bond donors (Lipinski definition) is 0. The van der Waals surface area contributed by atoms with Gasteiger partial charge in [-0.3, -0.25) is 0 Å². The van der Waals surface area contributed by atoms with E-state index in [-0.39, 0.29) is 22.8 Å². The minimum absolute atomic E-state index is 0.199. The number of aromatic nitrogens is 4. The maximum atomic E-state index is 13.6. The van der Waals surface area contributed by atoms with E-state index < -0.39 is 10.0 Å². The lowest BCUT2D eigenvalue weighted by Crippen LogP contribution is -2.37. The van der Waals surface area contributed by atoms with Crippen LogP contribution in [-0.2, 0) is 23.5 Å². The Morgan fingerprint density at radius 1 is 1.07 bits per heavy atom. The summed E-state index contributed by atoms with van der Waals surface area (Å²) in [4.78, 5) is 1.66. The van der Waals surface area contributed by atoms with Gasteiger partial charge in [0, 0.05) is 12.5 Å². The van der Waals surface area contributed by atoms with Crippen molar-refractivity contribution in [3.05, 3.63) is 71.3 Å². The molecule has 158 valence electrons. The summed E-state index contributed by atoms with van der Waals surface area (Å²) in [5.41, 5.74) is 1.79. The molecule has 0 saturated carbocycles. The molecule has 30 heavy (non-hydrogen) atoms. The fourth-order valence-corrected chi connectivity index (χ4v) is 5.93. The molecule has 2 aromatic carbocycles. The molecule has 0 N–H and O–H groups in total. The van der Waals surface area contributed by atoms with Crippen LogP contribution in [0.5, 0.6) is 0 Å². The van der Waals surface area contributed by atoms with Gasteiger partial charge in [-0.15, -0.1) is 10.2 Å². The van der Waals surface area contributed by atoms with Crippen LogP contribution < -0.4 is 0 Å². The number of rotatable bonds is 6. The molecule has 9 heteroatoms. The van der Waals surface area contributed by atoms with Gasteiger partial charge in [-0.25, -0.2) is 12.8 Å². The molecule has 3 aromatic rings. The molecule has 1 saturated heterocycles. The van der Waals surface area contributed by atoms with Crippen molar-refractivity contribution in [2.45, 2.75) is 49.6 Å². The molecule has 0 radical (unpaired) electrons. The summed E-state index contributed by atoms with van der Waals surface area (Å²) < 4.78 is 42.3. The van der Waals surface area contributed by atoms with Gasteiger partial charge in [0.2, 0.25) is 10.0 Å². The second-order valence-corrected chi connectivity index (χ2v) is 9.52. The lowest BCUT2D eigenvalue weighted by Gasteiger charge is -2.30. The van der Waals surface area contributed by atoms with Gasteiger partial charge in [-0.05, 0) is 61.2 Å². The molecule has 0 unspecified atom stereocenters. The van der Waals surface area contributed by atoms with Crippen LogP contribution in [0, 0.1) is 12.7 Å². The Kier molecular flexibility index (Phi) is 5.66. The molecule has 1 aliphatic rings. The molecule has 1 aromatic heterocycles. The molecule has 0 bridgehead atoms. The Labute approximate surface area is 175 Å². The van der Waals surface area contributed by atoms with E-state index >= 15 is 0 Å². The average molecular weight is 430 g/mol. The summed E-state index contributed by atoms with van der Waals surface area (Å²) in [7, 11) is -2.03. The summed E-state index contributed by atoms with van der Waals surface area (Å²) in [5, 5.41) is 12.1. The second kappa shape index (κ2) is 8.23. The Morgan fingerprint density at radius 2 is 1.77 bits per heavy atom. The zero-order valence-electron chi connectivity index (χ0n) is 16.9. The molecule has 1 aliphatic heterocycles. The molecule has 0 aliphatic carbocycles. The van der Waals surface area contributed by atoms with E-state index in [2.05, 4.69) is 15.4 Å². The number of sulfonamides is 1. The largest absolute Gasteiger partial charge is 0.243 e. The second-order valence-electron chi connectivity index (χ2n) is 7.68. The number of benzene rings is 2. The minimum Gasteiger partial charge on any atom is -0.207 e. The third-order valence-electron chi connectivity index (χ3n) is 5.54. The number of halogens is 1. The predicted molar refractivity (Wildman–Crippen MR) is 109 cm³/mol. The third-order valence-corrected chi connectivity index (χ3v) is 7.52. The van der Waals surface area contributed by atoms with Crippen LogP contribution >= 0.6 is 0 Å². The van der Waals surface area contributed by atoms with Gasteiger partial charge in [0.25, 0.3) is 0 Å². The average Bonchev–Trinajstić information content (AvgIpc) is 3.34. The van der Waals surface area contributed by atoms with Gasteiger partial charge in [-0.2, -0.15) is 9.10 Å². The molecular formula is C21H24FN5O2S. The summed E-state index contributed by atoms with van der Waals surface area (Å²) in [6.07, 6.45) is 2.52. The summed E-state index contributed by atoms with van der Waals surface area (Å²) in [6.45, 7) is 1.92. The summed E-state index contributed by atoms with van der Waals surface area (Å²) in [5.74, 6) is 0.255. The van der Waals surface area contributed by atoms with Crippen molar-refractivity contribution in [3.63, 3.8) is 0 Å². The highest BCUT2D eigenvalue weighted by Gasteiger charge is 2.42. The Balaban J connectivity index is 1.67. The van der Waals surface area contributed by atoms with E-state index in [9.17, 15) is 12.8 Å². The van der Waals surface area contributed by atoms with Crippen molar-refractivity contribution in [1.29, 1.82) is 0 Å². The van der Waals surface area contributed by atoms with E-state index in [0.717, 1.165) is 11.1 Å². The molecule has 0 spiro atoms. The van der Waals surface area contributed by atoms with Crippen molar-refractivity contribution < 1.29 is 12.8 Å². The molecule has 7 nitrogen and oxygen atoms in total. The van der Waals surface area contributed by atoms with Gasteiger partial charge in [0.05, 0.1) is 18.0 Å². The lowest BCUT2D eigenvalue weighted by atomic mass is 10.0. The van der Waals surface area contributed by atoms with E-state index in [4.69, 9.17) is 0 Å². The maximum absolute atomic E-state index is 13.6. The first-order valence-corrected chi connectivity index (χ1v) is 11.4. The van der Waals surface area contributed by atoms with Crippen molar-refractivity contribution in [3.8, 4) is 0 Å². The molecule has 2 atom stereocenters. The molecular weight excluding hydrogens is 405 g/mol. The van der Waals surface area contributed by atoms with Crippen LogP contribution in [0.25, 0.3) is 0 Å². The smallest absolute Gasteiger partial charge is 0.207 e. The van der Waals surface area contributed by atoms with E-state index in [0.29, 0.717) is 31.5 Å². The Morgan fingerprint density at radius 3 is 2.40 bits per heavy atom.